The first-order chi connectivity index (χ1) is 2.00. The SMILES string of the molecule is [2H][PH]([O-])([O-])[O-].[K+].[K+].[K+]. The molecule has 0 unspecified atom stereocenters. The maximum absolute atomic E-state index is 8.80. The molecule has 0 rings (SSSR count). The summed E-state index contributed by atoms with van der Waals surface area (Å²) in [6.45, 7) is 0. The van der Waals surface area contributed by atoms with Gasteiger partial charge in [0.25, 0.3) is 0 Å². The van der Waals surface area contributed by atoms with Gasteiger partial charge in [0.05, 0.1) is 0 Å². The standard InChI is InChI=1S/3K.H2O3P/c;;;1-4(2)3/h;;;4H2/q3*+1;-3/i;;;4D. The predicted octanol–water partition coefficient (Wildman–Crippen LogP) is -12.2. The smallest absolute Gasteiger partial charge is 1.00 e. The van der Waals surface area contributed by atoms with Crippen LogP contribution in [0.1, 0.15) is 0 Å². The van der Waals surface area contributed by atoms with Crippen molar-refractivity contribution in [1.29, 1.82) is 1.28 Å². The molecule has 0 aliphatic heterocycles. The summed E-state index contributed by atoms with van der Waals surface area (Å²) in [5.41, 5.74) is 0. The van der Waals surface area contributed by atoms with Crippen molar-refractivity contribution in [3.05, 3.63) is 0 Å². The van der Waals surface area contributed by atoms with E-state index in [-0.39, 0.29) is 154 Å². The number of hydrogen-bond donors (Lipinski definition) is 0. The van der Waals surface area contributed by atoms with Crippen molar-refractivity contribution in [2.24, 2.45) is 0 Å². The third kappa shape index (κ3) is 35.0. The topological polar surface area (TPSA) is 69.2 Å². The maximum Gasteiger partial charge on any atom is 1.00 e. The molecule has 0 bridgehead atoms. The van der Waals surface area contributed by atoms with Gasteiger partial charge in [-0.2, -0.15) is 0 Å². The molecule has 0 radical (unpaired) electrons. The Morgan fingerprint density at radius 2 is 1.00 bits per heavy atom. The molecule has 0 aromatic heterocycles. The number of hydrogen-bond acceptors (Lipinski definition) is 3. The Labute approximate surface area is 173 Å². The van der Waals surface area contributed by atoms with Crippen LogP contribution in [-0.2, 0) is 0 Å². The van der Waals surface area contributed by atoms with E-state index in [1.54, 1.807) is 0 Å². The van der Waals surface area contributed by atoms with Crippen LogP contribution in [0.5, 0.6) is 0 Å². The fraction of sp³-hybridized carbons (Fsp3) is 0. The molecule has 0 N–H and O–H groups in total. The van der Waals surface area contributed by atoms with Gasteiger partial charge in [0.2, 0.25) is 0 Å². The third-order valence-electron chi connectivity index (χ3n) is 0. The summed E-state index contributed by atoms with van der Waals surface area (Å²) in [7, 11) is -5.11. The molecule has 7 heteroatoms. The van der Waals surface area contributed by atoms with Crippen molar-refractivity contribution in [2.45, 2.75) is 0 Å². The summed E-state index contributed by atoms with van der Waals surface area (Å²) < 4.78 is 5.41. The normalized spacial score (nSPS) is 11.0. The molecular weight excluding hydrogens is 196 g/mol. The van der Waals surface area contributed by atoms with Crippen LogP contribution in [0.3, 0.4) is 0 Å². The molecule has 0 atom stereocenters. The minimum atomic E-state index is -5.11. The Kier molecular flexibility index (Phi) is 44.8. The molecular formula is H2K3O3P. The molecule has 0 spiro atoms. The van der Waals surface area contributed by atoms with E-state index in [0.29, 0.717) is 0 Å². The second-order valence-corrected chi connectivity index (χ2v) is 0.750. The first-order valence-corrected chi connectivity index (χ1v) is 1.84. The summed E-state index contributed by atoms with van der Waals surface area (Å²) in [4.78, 5) is 26.4. The van der Waals surface area contributed by atoms with Gasteiger partial charge in [0.1, 0.15) is 0 Å². The van der Waals surface area contributed by atoms with E-state index < -0.39 is 8.55 Å². The zero-order valence-corrected chi connectivity index (χ0v) is 15.1. The van der Waals surface area contributed by atoms with E-state index in [9.17, 15) is 0 Å². The molecule has 0 fully saturated rings. The van der Waals surface area contributed by atoms with Crippen LogP contribution in [0, 0.1) is 0 Å². The Bertz CT molecular complexity index is 30.0. The van der Waals surface area contributed by atoms with Gasteiger partial charge >= 0.3 is 179 Å². The van der Waals surface area contributed by atoms with Crippen LogP contribution in [0.25, 0.3) is 0 Å². The Hall–Kier alpha value is 5.22. The van der Waals surface area contributed by atoms with Gasteiger partial charge in [-0.1, -0.05) is 0 Å². The second-order valence-electron chi connectivity index (χ2n) is 0.250. The van der Waals surface area contributed by atoms with Crippen LogP contribution in [0.4, 0.5) is 0 Å². The first kappa shape index (κ1) is 18.1. The van der Waals surface area contributed by atoms with Crippen LogP contribution < -0.4 is 169 Å². The second kappa shape index (κ2) is 17.3. The molecule has 3 nitrogen and oxygen atoms in total. The molecule has 0 aromatic carbocycles. The molecule has 0 amide bonds. The van der Waals surface area contributed by atoms with Crippen molar-refractivity contribution >= 4 is 8.55 Å². The number of rotatable bonds is 0. The van der Waals surface area contributed by atoms with Crippen LogP contribution >= 0.6 is 8.55 Å². The third-order valence-corrected chi connectivity index (χ3v) is 0. The fourth-order valence-electron chi connectivity index (χ4n) is 0. The van der Waals surface area contributed by atoms with E-state index in [1.807, 2.05) is 0 Å². The minimum Gasteiger partial charge on any atom is 1.00 e. The fourth-order valence-corrected chi connectivity index (χ4v) is 0. The van der Waals surface area contributed by atoms with Gasteiger partial charge in [-0.05, 0) is 0 Å². The zero-order valence-electron chi connectivity index (χ0n) is 5.72. The average Bonchev–Trinajstić information content (AvgIpc) is 0.722. The summed E-state index contributed by atoms with van der Waals surface area (Å²) in [5, 5.41) is 0. The Morgan fingerprint density at radius 3 is 1.00 bits per heavy atom. The maximum atomic E-state index is 8.80. The molecule has 0 aliphatic rings. The van der Waals surface area contributed by atoms with Crippen molar-refractivity contribution in [1.82, 2.24) is 0 Å². The molecule has 7 heavy (non-hydrogen) atoms. The van der Waals surface area contributed by atoms with Crippen LogP contribution in [0.2, 0.25) is 0 Å². The van der Waals surface area contributed by atoms with E-state index in [1.165, 1.54) is 0 Å². The summed E-state index contributed by atoms with van der Waals surface area (Å²) >= 11 is 0. The van der Waals surface area contributed by atoms with Gasteiger partial charge < -0.3 is 0 Å². The monoisotopic (exact) mass is 199 g/mol. The zero-order chi connectivity index (χ0) is 4.50. The van der Waals surface area contributed by atoms with Crippen molar-refractivity contribution in [2.75, 3.05) is 0 Å². The molecule has 28 valence electrons. The van der Waals surface area contributed by atoms with Crippen molar-refractivity contribution in [3.63, 3.8) is 0 Å². The molecule has 0 aliphatic carbocycles. The van der Waals surface area contributed by atoms with Gasteiger partial charge in [0, 0.05) is 0 Å². The molecule has 0 heterocycles. The molecule has 0 saturated heterocycles. The summed E-state index contributed by atoms with van der Waals surface area (Å²) in [6.07, 6.45) is 0. The van der Waals surface area contributed by atoms with Gasteiger partial charge in [-0.25, -0.2) is 0 Å². The van der Waals surface area contributed by atoms with E-state index in [0.717, 1.165) is 0 Å². The minimum absolute atomic E-state index is 0. The summed E-state index contributed by atoms with van der Waals surface area (Å²) in [5.74, 6) is 0. The Balaban J connectivity index is -0.0000000267. The largest absolute Gasteiger partial charge is 1.00 e. The van der Waals surface area contributed by atoms with Gasteiger partial charge in [-0.3, -0.25) is 0 Å². The van der Waals surface area contributed by atoms with Crippen LogP contribution in [0.15, 0.2) is 0 Å². The van der Waals surface area contributed by atoms with Gasteiger partial charge in [-0.15, -0.1) is 0 Å². The predicted molar refractivity (Wildman–Crippen MR) is 9.71 cm³/mol. The average molecular weight is 199 g/mol. The van der Waals surface area contributed by atoms with E-state index in [4.69, 9.17) is 16.0 Å². The van der Waals surface area contributed by atoms with E-state index in [2.05, 4.69) is 0 Å². The molecule has 0 aromatic rings. The summed E-state index contributed by atoms with van der Waals surface area (Å²) in [6, 6.07) is 0. The van der Waals surface area contributed by atoms with Crippen molar-refractivity contribution in [3.8, 4) is 0 Å². The Morgan fingerprint density at radius 1 is 1.00 bits per heavy atom. The van der Waals surface area contributed by atoms with Crippen molar-refractivity contribution < 1.29 is 169 Å². The van der Waals surface area contributed by atoms with Crippen LogP contribution in [-0.4, -0.2) is 1.28 Å². The first-order valence-electron chi connectivity index (χ1n) is 1.11. The quantitative estimate of drug-likeness (QED) is 0.287. The van der Waals surface area contributed by atoms with E-state index >= 15 is 0 Å². The van der Waals surface area contributed by atoms with Gasteiger partial charge in [0.15, 0.2) is 0 Å². The molecule has 0 saturated carbocycles.